The fraction of sp³-hybridized carbons (Fsp3) is 0.429. The number of hydrogen-bond acceptors (Lipinski definition) is 2. The minimum atomic E-state index is -0.267. The smallest absolute Gasteiger partial charge is 0.130 e. The Balaban J connectivity index is 2.25. The van der Waals surface area contributed by atoms with E-state index in [9.17, 15) is 4.39 Å². The Labute approximate surface area is 143 Å². The number of hydrogen-bond donors (Lipinski definition) is 0. The first-order valence-electron chi connectivity index (χ1n) is 8.46. The van der Waals surface area contributed by atoms with Gasteiger partial charge in [-0.15, -0.1) is 0 Å². The van der Waals surface area contributed by atoms with Crippen LogP contribution in [0.25, 0.3) is 11.1 Å². The molecule has 0 unspecified atom stereocenters. The van der Waals surface area contributed by atoms with Gasteiger partial charge in [-0.2, -0.15) is 0 Å². The summed E-state index contributed by atoms with van der Waals surface area (Å²) in [6.07, 6.45) is 0.911. The molecule has 0 fully saturated rings. The van der Waals surface area contributed by atoms with Crippen LogP contribution in [0.1, 0.15) is 49.9 Å². The topological polar surface area (TPSA) is 18.5 Å². The maximum absolute atomic E-state index is 14.5. The highest BCUT2D eigenvalue weighted by Crippen LogP contribution is 2.40. The number of aryl methyl sites for hydroxylation is 1. The second-order valence-electron chi connectivity index (χ2n) is 7.41. The van der Waals surface area contributed by atoms with Crippen LogP contribution in [0.4, 0.5) is 4.39 Å². The van der Waals surface area contributed by atoms with E-state index in [1.165, 1.54) is 22.8 Å². The lowest BCUT2D eigenvalue weighted by atomic mass is 9.83. The molecule has 2 nitrogen and oxygen atoms in total. The van der Waals surface area contributed by atoms with Gasteiger partial charge in [0.25, 0.3) is 0 Å². The number of ether oxygens (including phenoxy) is 2. The molecule has 128 valence electrons. The summed E-state index contributed by atoms with van der Waals surface area (Å²) in [5, 5.41) is 0. The van der Waals surface area contributed by atoms with Gasteiger partial charge in [0, 0.05) is 11.6 Å². The number of fused-ring (bicyclic) bond motifs is 1. The Morgan fingerprint density at radius 3 is 2.29 bits per heavy atom. The van der Waals surface area contributed by atoms with E-state index in [-0.39, 0.29) is 11.2 Å². The summed E-state index contributed by atoms with van der Waals surface area (Å²) in [5.74, 6) is 0.361. The fourth-order valence-corrected chi connectivity index (χ4v) is 3.33. The van der Waals surface area contributed by atoms with Gasteiger partial charge < -0.3 is 9.47 Å². The highest BCUT2D eigenvalue weighted by Gasteiger charge is 2.23. The van der Waals surface area contributed by atoms with E-state index in [1.54, 1.807) is 7.11 Å². The largest absolute Gasteiger partial charge is 0.496 e. The number of methoxy groups -OCH3 is 1. The van der Waals surface area contributed by atoms with Crippen molar-refractivity contribution in [2.75, 3.05) is 7.11 Å². The molecular formula is C21H25FO2. The molecule has 3 rings (SSSR count). The van der Waals surface area contributed by atoms with Crippen molar-refractivity contribution in [3.63, 3.8) is 0 Å². The highest BCUT2D eigenvalue weighted by molar-refractivity contribution is 5.76. The molecular weight excluding hydrogens is 303 g/mol. The van der Waals surface area contributed by atoms with Crippen molar-refractivity contribution in [2.24, 2.45) is 0 Å². The first-order valence-corrected chi connectivity index (χ1v) is 8.46. The monoisotopic (exact) mass is 328 g/mol. The van der Waals surface area contributed by atoms with Gasteiger partial charge in [0.15, 0.2) is 0 Å². The first-order chi connectivity index (χ1) is 11.3. The molecule has 2 aromatic rings. The van der Waals surface area contributed by atoms with Crippen LogP contribution < -0.4 is 4.74 Å². The SMILES string of the molecule is CCc1cc2c(cc1-c1cc(C(C)(C)C)c(F)cc1OC)COC2. The van der Waals surface area contributed by atoms with Gasteiger partial charge in [-0.3, -0.25) is 0 Å². The molecule has 0 amide bonds. The van der Waals surface area contributed by atoms with E-state index in [1.807, 2.05) is 26.8 Å². The Kier molecular flexibility index (Phi) is 4.39. The van der Waals surface area contributed by atoms with Gasteiger partial charge in [0.1, 0.15) is 11.6 Å². The zero-order valence-electron chi connectivity index (χ0n) is 15.1. The molecule has 0 aliphatic carbocycles. The average molecular weight is 328 g/mol. The van der Waals surface area contributed by atoms with Gasteiger partial charge >= 0.3 is 0 Å². The maximum Gasteiger partial charge on any atom is 0.130 e. The third-order valence-electron chi connectivity index (χ3n) is 4.71. The Morgan fingerprint density at radius 1 is 1.04 bits per heavy atom. The summed E-state index contributed by atoms with van der Waals surface area (Å²) >= 11 is 0. The number of halogens is 1. The summed E-state index contributed by atoms with van der Waals surface area (Å²) in [4.78, 5) is 0. The van der Waals surface area contributed by atoms with Gasteiger partial charge in [0.05, 0.1) is 20.3 Å². The molecule has 0 bridgehead atoms. The molecule has 0 aromatic heterocycles. The zero-order valence-corrected chi connectivity index (χ0v) is 15.1. The van der Waals surface area contributed by atoms with Crippen molar-refractivity contribution in [1.82, 2.24) is 0 Å². The van der Waals surface area contributed by atoms with Crippen molar-refractivity contribution in [2.45, 2.75) is 52.7 Å². The first kappa shape index (κ1) is 17.0. The minimum absolute atomic E-state index is 0.217. The average Bonchev–Trinajstić information content (AvgIpc) is 2.99. The number of benzene rings is 2. The summed E-state index contributed by atoms with van der Waals surface area (Å²) in [6.45, 7) is 9.54. The van der Waals surface area contributed by atoms with Gasteiger partial charge in [-0.1, -0.05) is 33.8 Å². The molecule has 0 saturated carbocycles. The summed E-state index contributed by atoms with van der Waals surface area (Å²) in [7, 11) is 1.59. The predicted octanol–water partition coefficient (Wildman–Crippen LogP) is 5.39. The van der Waals surface area contributed by atoms with E-state index in [0.717, 1.165) is 17.5 Å². The van der Waals surface area contributed by atoms with Crippen molar-refractivity contribution < 1.29 is 13.9 Å². The molecule has 0 saturated heterocycles. The third kappa shape index (κ3) is 2.93. The van der Waals surface area contributed by atoms with Crippen LogP contribution in [0.5, 0.6) is 5.75 Å². The quantitative estimate of drug-likeness (QED) is 0.752. The van der Waals surface area contributed by atoms with E-state index in [2.05, 4.69) is 19.1 Å². The van der Waals surface area contributed by atoms with Crippen LogP contribution in [0.15, 0.2) is 24.3 Å². The number of rotatable bonds is 3. The molecule has 0 spiro atoms. The summed E-state index contributed by atoms with van der Waals surface area (Å²) in [5.41, 5.74) is 6.22. The van der Waals surface area contributed by atoms with Gasteiger partial charge in [-0.05, 0) is 51.8 Å². The predicted molar refractivity (Wildman–Crippen MR) is 95.0 cm³/mol. The molecule has 2 aromatic carbocycles. The van der Waals surface area contributed by atoms with Crippen LogP contribution in [-0.2, 0) is 29.8 Å². The lowest BCUT2D eigenvalue weighted by Gasteiger charge is -2.23. The Bertz CT molecular complexity index is 772. The van der Waals surface area contributed by atoms with Crippen LogP contribution in [0, 0.1) is 5.82 Å². The highest BCUT2D eigenvalue weighted by atomic mass is 19.1. The van der Waals surface area contributed by atoms with E-state index in [0.29, 0.717) is 24.5 Å². The standard InChI is InChI=1S/C21H25FO2/c1-6-13-7-14-11-24-12-15(14)8-16(13)17-9-18(21(2,3)4)19(22)10-20(17)23-5/h7-10H,6,11-12H2,1-5H3. The van der Waals surface area contributed by atoms with E-state index in [4.69, 9.17) is 9.47 Å². The minimum Gasteiger partial charge on any atom is -0.496 e. The van der Waals surface area contributed by atoms with Crippen molar-refractivity contribution in [1.29, 1.82) is 0 Å². The molecule has 24 heavy (non-hydrogen) atoms. The van der Waals surface area contributed by atoms with Crippen molar-refractivity contribution >= 4 is 0 Å². The second kappa shape index (κ2) is 6.21. The Hall–Kier alpha value is -1.87. The lowest BCUT2D eigenvalue weighted by Crippen LogP contribution is -2.14. The Morgan fingerprint density at radius 2 is 1.71 bits per heavy atom. The third-order valence-corrected chi connectivity index (χ3v) is 4.71. The fourth-order valence-electron chi connectivity index (χ4n) is 3.33. The van der Waals surface area contributed by atoms with E-state index >= 15 is 0 Å². The molecule has 3 heteroatoms. The van der Waals surface area contributed by atoms with Gasteiger partial charge in [-0.25, -0.2) is 4.39 Å². The second-order valence-corrected chi connectivity index (χ2v) is 7.41. The van der Waals surface area contributed by atoms with E-state index < -0.39 is 0 Å². The molecule has 1 heterocycles. The lowest BCUT2D eigenvalue weighted by molar-refractivity contribution is 0.134. The molecule has 1 aliphatic rings. The molecule has 1 aliphatic heterocycles. The molecule has 0 radical (unpaired) electrons. The van der Waals surface area contributed by atoms with Crippen LogP contribution in [0.3, 0.4) is 0 Å². The maximum atomic E-state index is 14.5. The van der Waals surface area contributed by atoms with Crippen molar-refractivity contribution in [3.8, 4) is 16.9 Å². The van der Waals surface area contributed by atoms with Crippen LogP contribution >= 0.6 is 0 Å². The van der Waals surface area contributed by atoms with Crippen molar-refractivity contribution in [3.05, 3.63) is 52.3 Å². The molecule has 0 atom stereocenters. The van der Waals surface area contributed by atoms with Crippen LogP contribution in [0.2, 0.25) is 0 Å². The van der Waals surface area contributed by atoms with Crippen LogP contribution in [-0.4, -0.2) is 7.11 Å². The summed E-state index contributed by atoms with van der Waals surface area (Å²) in [6, 6.07) is 7.87. The normalized spacial score (nSPS) is 13.9. The van der Waals surface area contributed by atoms with Gasteiger partial charge in [0.2, 0.25) is 0 Å². The summed E-state index contributed by atoms with van der Waals surface area (Å²) < 4.78 is 25.6. The molecule has 0 N–H and O–H groups in total. The zero-order chi connectivity index (χ0) is 17.5.